The molecule has 0 bridgehead atoms. The lowest BCUT2D eigenvalue weighted by molar-refractivity contribution is -0.274. The summed E-state index contributed by atoms with van der Waals surface area (Å²) in [6.07, 6.45) is -3.02. The molecule has 3 aromatic rings. The van der Waals surface area contributed by atoms with E-state index in [1.807, 2.05) is 13.0 Å². The van der Waals surface area contributed by atoms with Crippen LogP contribution in [-0.2, 0) is 0 Å². The molecule has 1 N–H and O–H groups in total. The van der Waals surface area contributed by atoms with Gasteiger partial charge in [0.25, 0.3) is 5.91 Å². The van der Waals surface area contributed by atoms with Crippen molar-refractivity contribution in [2.24, 2.45) is 0 Å². The third-order valence-electron chi connectivity index (χ3n) is 3.54. The summed E-state index contributed by atoms with van der Waals surface area (Å²) in [5.41, 5.74) is 4.44. The van der Waals surface area contributed by atoms with Gasteiger partial charge < -0.3 is 10.1 Å². The van der Waals surface area contributed by atoms with Crippen LogP contribution in [0.1, 0.15) is 15.9 Å². The van der Waals surface area contributed by atoms with E-state index >= 15 is 0 Å². The molecule has 0 saturated carbocycles. The van der Waals surface area contributed by atoms with Gasteiger partial charge in [-0.05, 0) is 54.4 Å². The van der Waals surface area contributed by atoms with Crippen molar-refractivity contribution in [1.29, 1.82) is 0 Å². The first kappa shape index (κ1) is 17.9. The van der Waals surface area contributed by atoms with Crippen molar-refractivity contribution in [1.82, 2.24) is 4.98 Å². The van der Waals surface area contributed by atoms with Gasteiger partial charge >= 0.3 is 6.36 Å². The molecule has 26 heavy (non-hydrogen) atoms. The Bertz CT molecular complexity index is 907. The highest BCUT2D eigenvalue weighted by atomic mass is 32.1. The lowest BCUT2D eigenvalue weighted by Gasteiger charge is -2.11. The van der Waals surface area contributed by atoms with Gasteiger partial charge in [0.05, 0.1) is 10.4 Å². The Morgan fingerprint density at radius 1 is 1.15 bits per heavy atom. The normalized spacial score (nSPS) is 11.2. The fraction of sp³-hybridized carbons (Fsp3) is 0.111. The Balaban J connectivity index is 1.75. The summed E-state index contributed by atoms with van der Waals surface area (Å²) in [5.74, 6) is -0.710. The molecule has 134 valence electrons. The van der Waals surface area contributed by atoms with E-state index in [4.69, 9.17) is 0 Å². The fourth-order valence-electron chi connectivity index (χ4n) is 2.32. The molecular formula is C18H13F3N2O2S. The van der Waals surface area contributed by atoms with Crippen LogP contribution >= 0.6 is 11.3 Å². The van der Waals surface area contributed by atoms with Gasteiger partial charge in [-0.25, -0.2) is 0 Å². The maximum absolute atomic E-state index is 12.4. The molecule has 1 heterocycles. The highest BCUT2D eigenvalue weighted by Gasteiger charge is 2.30. The van der Waals surface area contributed by atoms with Gasteiger partial charge in [0.1, 0.15) is 5.75 Å². The van der Waals surface area contributed by atoms with Crippen LogP contribution < -0.4 is 10.1 Å². The minimum absolute atomic E-state index is 0.349. The molecule has 1 aromatic heterocycles. The number of aromatic nitrogens is 1. The topological polar surface area (TPSA) is 51.2 Å². The number of rotatable bonds is 4. The van der Waals surface area contributed by atoms with Gasteiger partial charge in [-0.3, -0.25) is 9.78 Å². The second kappa shape index (κ2) is 7.17. The molecule has 1 amide bonds. The molecule has 8 heteroatoms. The lowest BCUT2D eigenvalue weighted by Crippen LogP contribution is -2.17. The number of alkyl halides is 3. The Kier molecular flexibility index (Phi) is 4.94. The summed E-state index contributed by atoms with van der Waals surface area (Å²) in [4.78, 5) is 17.4. The van der Waals surface area contributed by atoms with Gasteiger partial charge in [-0.1, -0.05) is 6.07 Å². The Morgan fingerprint density at radius 2 is 1.88 bits per heavy atom. The minimum Gasteiger partial charge on any atom is -0.406 e. The number of benzene rings is 2. The molecule has 4 nitrogen and oxygen atoms in total. The van der Waals surface area contributed by atoms with Gasteiger partial charge in [0, 0.05) is 17.4 Å². The maximum atomic E-state index is 12.4. The van der Waals surface area contributed by atoms with Crippen molar-refractivity contribution in [3.8, 4) is 16.2 Å². The molecule has 0 aliphatic carbocycles. The second-order valence-corrected chi connectivity index (χ2v) is 6.31. The quantitative estimate of drug-likeness (QED) is 0.673. The predicted molar refractivity (Wildman–Crippen MR) is 93.4 cm³/mol. The summed E-state index contributed by atoms with van der Waals surface area (Å²) < 4.78 is 40.3. The maximum Gasteiger partial charge on any atom is 0.573 e. The number of halogens is 3. The van der Waals surface area contributed by atoms with Gasteiger partial charge in [0.15, 0.2) is 0 Å². The summed E-state index contributed by atoms with van der Waals surface area (Å²) in [5, 5.41) is 2.65. The van der Waals surface area contributed by atoms with Crippen LogP contribution in [0.25, 0.3) is 10.4 Å². The highest BCUT2D eigenvalue weighted by Crippen LogP contribution is 2.28. The average Bonchev–Trinajstić information content (AvgIpc) is 3.10. The monoisotopic (exact) mass is 378 g/mol. The number of thiazole rings is 1. The molecule has 0 aliphatic rings. The number of ether oxygens (including phenoxy) is 1. The van der Waals surface area contributed by atoms with Crippen molar-refractivity contribution in [3.05, 3.63) is 65.3 Å². The molecule has 0 fully saturated rings. The number of amides is 1. The number of hydrogen-bond acceptors (Lipinski definition) is 4. The first-order chi connectivity index (χ1) is 12.3. The van der Waals surface area contributed by atoms with Crippen LogP contribution in [0.4, 0.5) is 18.9 Å². The van der Waals surface area contributed by atoms with Gasteiger partial charge in [-0.2, -0.15) is 0 Å². The molecule has 2 aromatic carbocycles. The SMILES string of the molecule is Cc1ccc(C(=O)Nc2ccc(OC(F)(F)F)cc2)cc1-c1cncs1. The fourth-order valence-corrected chi connectivity index (χ4v) is 3.02. The van der Waals surface area contributed by atoms with E-state index in [0.29, 0.717) is 11.3 Å². The zero-order valence-electron chi connectivity index (χ0n) is 13.5. The van der Waals surface area contributed by atoms with Crippen LogP contribution in [-0.4, -0.2) is 17.3 Å². The van der Waals surface area contributed by atoms with E-state index in [2.05, 4.69) is 15.0 Å². The third-order valence-corrected chi connectivity index (χ3v) is 4.35. The minimum atomic E-state index is -4.75. The smallest absolute Gasteiger partial charge is 0.406 e. The van der Waals surface area contributed by atoms with Crippen molar-refractivity contribution in [3.63, 3.8) is 0 Å². The Hall–Kier alpha value is -2.87. The lowest BCUT2D eigenvalue weighted by atomic mass is 10.0. The van der Waals surface area contributed by atoms with Crippen molar-refractivity contribution >= 4 is 22.9 Å². The van der Waals surface area contributed by atoms with Crippen molar-refractivity contribution in [2.75, 3.05) is 5.32 Å². The van der Waals surface area contributed by atoms with Gasteiger partial charge in [0.2, 0.25) is 0 Å². The number of anilines is 1. The van der Waals surface area contributed by atoms with Crippen LogP contribution in [0.3, 0.4) is 0 Å². The number of nitrogens with one attached hydrogen (secondary N) is 1. The zero-order chi connectivity index (χ0) is 18.7. The van der Waals surface area contributed by atoms with E-state index in [0.717, 1.165) is 28.1 Å². The zero-order valence-corrected chi connectivity index (χ0v) is 14.3. The van der Waals surface area contributed by atoms with Crippen molar-refractivity contribution < 1.29 is 22.7 Å². The van der Waals surface area contributed by atoms with E-state index in [9.17, 15) is 18.0 Å². The molecule has 0 saturated heterocycles. The first-order valence-corrected chi connectivity index (χ1v) is 8.36. The average molecular weight is 378 g/mol. The summed E-state index contributed by atoms with van der Waals surface area (Å²) >= 11 is 1.47. The second-order valence-electron chi connectivity index (χ2n) is 5.42. The standard InChI is InChI=1S/C18H13F3N2O2S/c1-11-2-3-12(8-15(11)16-9-22-10-26-16)17(24)23-13-4-6-14(7-5-13)25-18(19,20)21/h2-10H,1H3,(H,23,24). The Morgan fingerprint density at radius 3 is 2.50 bits per heavy atom. The first-order valence-electron chi connectivity index (χ1n) is 7.48. The van der Waals surface area contributed by atoms with Crippen LogP contribution in [0.5, 0.6) is 5.75 Å². The number of hydrogen-bond donors (Lipinski definition) is 1. The number of carbonyl (C=O) groups excluding carboxylic acids is 1. The largest absolute Gasteiger partial charge is 0.573 e. The molecule has 0 radical (unpaired) electrons. The van der Waals surface area contributed by atoms with Crippen LogP contribution in [0.15, 0.2) is 54.2 Å². The highest BCUT2D eigenvalue weighted by molar-refractivity contribution is 7.13. The van der Waals surface area contributed by atoms with Gasteiger partial charge in [-0.15, -0.1) is 24.5 Å². The third kappa shape index (κ3) is 4.40. The molecule has 3 rings (SSSR count). The molecule has 0 aliphatic heterocycles. The summed E-state index contributed by atoms with van der Waals surface area (Å²) in [7, 11) is 0. The molecular weight excluding hydrogens is 365 g/mol. The van der Waals surface area contributed by atoms with E-state index in [-0.39, 0.29) is 11.7 Å². The van der Waals surface area contributed by atoms with Crippen LogP contribution in [0.2, 0.25) is 0 Å². The summed E-state index contributed by atoms with van der Waals surface area (Å²) in [6, 6.07) is 10.3. The predicted octanol–water partition coefficient (Wildman–Crippen LogP) is 5.27. The molecule has 0 spiro atoms. The van der Waals surface area contributed by atoms with Crippen LogP contribution in [0, 0.1) is 6.92 Å². The molecule has 0 atom stereocenters. The van der Waals surface area contributed by atoms with E-state index in [1.54, 1.807) is 23.8 Å². The number of nitrogens with zero attached hydrogens (tertiary/aromatic N) is 1. The van der Waals surface area contributed by atoms with E-state index in [1.165, 1.54) is 23.5 Å². The summed E-state index contributed by atoms with van der Waals surface area (Å²) in [6.45, 7) is 1.94. The van der Waals surface area contributed by atoms with Crippen molar-refractivity contribution in [2.45, 2.75) is 13.3 Å². The number of aryl methyl sites for hydroxylation is 1. The number of carbonyl (C=O) groups is 1. The van der Waals surface area contributed by atoms with E-state index < -0.39 is 6.36 Å². The Labute approximate surface area is 151 Å². The molecule has 0 unspecified atom stereocenters.